The van der Waals surface area contributed by atoms with Crippen molar-refractivity contribution in [3.63, 3.8) is 0 Å². The van der Waals surface area contributed by atoms with E-state index in [1.54, 1.807) is 12.1 Å². The number of aromatic amines is 1. The molecule has 4 aromatic rings. The molecule has 0 spiro atoms. The predicted octanol–water partition coefficient (Wildman–Crippen LogP) is 2.87. The van der Waals surface area contributed by atoms with E-state index in [1.807, 2.05) is 35.9 Å². The fourth-order valence-corrected chi connectivity index (χ4v) is 4.41. The lowest BCUT2D eigenvalue weighted by atomic mass is 10.1. The van der Waals surface area contributed by atoms with Crippen LogP contribution in [-0.2, 0) is 24.8 Å². The summed E-state index contributed by atoms with van der Waals surface area (Å²) in [5, 5.41) is 10.4. The number of carbonyl (C=O) groups is 1. The van der Waals surface area contributed by atoms with E-state index in [9.17, 15) is 9.18 Å². The average Bonchev–Trinajstić information content (AvgIpc) is 3.54. The quantitative estimate of drug-likeness (QED) is 0.455. The van der Waals surface area contributed by atoms with Crippen LogP contribution in [0.5, 0.6) is 0 Å². The number of aryl methyl sites for hydroxylation is 1. The molecule has 1 aliphatic rings. The highest BCUT2D eigenvalue weighted by Gasteiger charge is 2.30. The van der Waals surface area contributed by atoms with Crippen LogP contribution in [-0.4, -0.2) is 48.6 Å². The minimum atomic E-state index is -0.256. The van der Waals surface area contributed by atoms with Crippen molar-refractivity contribution in [2.45, 2.75) is 31.8 Å². The molecule has 1 atom stereocenters. The number of likely N-dealkylation sites (tertiary alicyclic amines) is 1. The summed E-state index contributed by atoms with van der Waals surface area (Å²) in [6, 6.07) is 14.3. The molecule has 3 heterocycles. The number of halogens is 1. The van der Waals surface area contributed by atoms with E-state index in [2.05, 4.69) is 30.4 Å². The van der Waals surface area contributed by atoms with Gasteiger partial charge in [-0.15, -0.1) is 0 Å². The van der Waals surface area contributed by atoms with Crippen LogP contribution < -0.4 is 5.32 Å². The molecular weight excluding hydrogens is 421 g/mol. The summed E-state index contributed by atoms with van der Waals surface area (Å²) in [6.07, 6.45) is 2.45. The van der Waals surface area contributed by atoms with Gasteiger partial charge < -0.3 is 9.88 Å². The van der Waals surface area contributed by atoms with Crippen LogP contribution in [0.15, 0.2) is 48.5 Å². The molecule has 9 heteroatoms. The number of aromatic nitrogens is 5. The first-order valence-electron chi connectivity index (χ1n) is 11.1. The zero-order chi connectivity index (χ0) is 22.8. The Kier molecular flexibility index (Phi) is 5.87. The molecule has 170 valence electrons. The number of fused-ring (bicyclic) bond motifs is 1. The second-order valence-electron chi connectivity index (χ2n) is 8.42. The highest BCUT2D eigenvalue weighted by atomic mass is 19.1. The third kappa shape index (κ3) is 4.63. The van der Waals surface area contributed by atoms with Crippen LogP contribution in [0, 0.1) is 5.82 Å². The highest BCUT2D eigenvalue weighted by Crippen LogP contribution is 2.29. The van der Waals surface area contributed by atoms with Gasteiger partial charge in [0.15, 0.2) is 5.82 Å². The number of nitrogens with one attached hydrogen (secondary N) is 2. The maximum Gasteiger partial charge on any atom is 0.234 e. The summed E-state index contributed by atoms with van der Waals surface area (Å²) in [7, 11) is 1.96. The monoisotopic (exact) mass is 447 g/mol. The number of rotatable bonds is 7. The maximum absolute atomic E-state index is 13.1. The van der Waals surface area contributed by atoms with Crippen molar-refractivity contribution in [1.29, 1.82) is 0 Å². The molecule has 1 saturated heterocycles. The first-order chi connectivity index (χ1) is 16.1. The number of H-pyrrole nitrogens is 1. The van der Waals surface area contributed by atoms with Crippen LogP contribution in [0.3, 0.4) is 0 Å². The Morgan fingerprint density at radius 1 is 1.18 bits per heavy atom. The Hall–Kier alpha value is -3.59. The van der Waals surface area contributed by atoms with Crippen LogP contribution in [0.1, 0.15) is 41.9 Å². The van der Waals surface area contributed by atoms with Crippen molar-refractivity contribution in [3.05, 3.63) is 77.4 Å². The van der Waals surface area contributed by atoms with Gasteiger partial charge in [-0.2, -0.15) is 5.10 Å². The number of imidazole rings is 1. The minimum absolute atomic E-state index is 0.00437. The van der Waals surface area contributed by atoms with Gasteiger partial charge in [0.1, 0.15) is 17.5 Å². The van der Waals surface area contributed by atoms with E-state index < -0.39 is 0 Å². The average molecular weight is 448 g/mol. The lowest BCUT2D eigenvalue weighted by molar-refractivity contribution is -0.122. The Morgan fingerprint density at radius 2 is 2.00 bits per heavy atom. The van der Waals surface area contributed by atoms with Gasteiger partial charge >= 0.3 is 0 Å². The van der Waals surface area contributed by atoms with E-state index in [1.165, 1.54) is 12.1 Å². The largest absolute Gasteiger partial charge is 0.348 e. The van der Waals surface area contributed by atoms with Gasteiger partial charge in [0.2, 0.25) is 5.91 Å². The Bertz CT molecular complexity index is 1260. The predicted molar refractivity (Wildman–Crippen MR) is 122 cm³/mol. The van der Waals surface area contributed by atoms with E-state index in [-0.39, 0.29) is 24.3 Å². The van der Waals surface area contributed by atoms with E-state index >= 15 is 0 Å². The second-order valence-corrected chi connectivity index (χ2v) is 8.42. The number of benzene rings is 2. The summed E-state index contributed by atoms with van der Waals surface area (Å²) in [5.41, 5.74) is 2.93. The van der Waals surface area contributed by atoms with Crippen LogP contribution in [0.25, 0.3) is 11.0 Å². The van der Waals surface area contributed by atoms with E-state index in [4.69, 9.17) is 0 Å². The van der Waals surface area contributed by atoms with Gasteiger partial charge in [0, 0.05) is 13.5 Å². The van der Waals surface area contributed by atoms with Gasteiger partial charge in [0.05, 0.1) is 30.2 Å². The Balaban J connectivity index is 1.19. The number of hydrogen-bond acceptors (Lipinski definition) is 5. The topological polar surface area (TPSA) is 91.7 Å². The maximum atomic E-state index is 13.1. The molecule has 8 nitrogen and oxygen atoms in total. The van der Waals surface area contributed by atoms with Crippen molar-refractivity contribution < 1.29 is 9.18 Å². The smallest absolute Gasteiger partial charge is 0.234 e. The number of para-hydroxylation sites is 2. The molecule has 2 aromatic heterocycles. The molecule has 2 aromatic carbocycles. The summed E-state index contributed by atoms with van der Waals surface area (Å²) in [6.45, 7) is 1.49. The van der Waals surface area contributed by atoms with Crippen LogP contribution in [0.4, 0.5) is 4.39 Å². The number of hydrogen-bond donors (Lipinski definition) is 2. The van der Waals surface area contributed by atoms with E-state index in [0.29, 0.717) is 18.8 Å². The molecule has 1 aliphatic heterocycles. The van der Waals surface area contributed by atoms with Gasteiger partial charge in [-0.05, 0) is 49.2 Å². The van der Waals surface area contributed by atoms with Crippen molar-refractivity contribution >= 4 is 16.9 Å². The normalized spacial score (nSPS) is 16.5. The van der Waals surface area contributed by atoms with Crippen LogP contribution >= 0.6 is 0 Å². The SMILES string of the molecule is Cn1c(CNC(=O)CN2CCC[C@@H]2c2n[nH]c(Cc3ccc(F)cc3)n2)nc2ccccc21. The standard InChI is InChI=1S/C24H26FN7O/c1-31-19-6-3-2-5-18(19)27-22(31)14-26-23(33)15-32-12-4-7-20(32)24-28-21(29-30-24)13-16-8-10-17(25)11-9-16/h2-3,5-6,8-11,20H,4,7,12-15H2,1H3,(H,26,33)(H,28,29,30)/t20-/m1/s1. The number of amides is 1. The zero-order valence-electron chi connectivity index (χ0n) is 18.5. The molecule has 1 fully saturated rings. The zero-order valence-corrected chi connectivity index (χ0v) is 18.5. The summed E-state index contributed by atoms with van der Waals surface area (Å²) in [5.74, 6) is 1.95. The number of nitrogens with zero attached hydrogens (tertiary/aromatic N) is 5. The number of carbonyl (C=O) groups excluding carboxylic acids is 1. The van der Waals surface area contributed by atoms with Gasteiger partial charge in [-0.1, -0.05) is 24.3 Å². The van der Waals surface area contributed by atoms with Crippen molar-refractivity contribution in [2.75, 3.05) is 13.1 Å². The molecule has 2 N–H and O–H groups in total. The fourth-order valence-electron chi connectivity index (χ4n) is 4.41. The van der Waals surface area contributed by atoms with Crippen molar-refractivity contribution in [2.24, 2.45) is 7.05 Å². The van der Waals surface area contributed by atoms with Crippen LogP contribution in [0.2, 0.25) is 0 Å². The van der Waals surface area contributed by atoms with Crippen molar-refractivity contribution in [1.82, 2.24) is 34.9 Å². The lowest BCUT2D eigenvalue weighted by Crippen LogP contribution is -2.37. The minimum Gasteiger partial charge on any atom is -0.348 e. The van der Waals surface area contributed by atoms with Gasteiger partial charge in [-0.25, -0.2) is 14.4 Å². The lowest BCUT2D eigenvalue weighted by Gasteiger charge is -2.21. The molecule has 0 saturated carbocycles. The molecule has 1 amide bonds. The molecule has 33 heavy (non-hydrogen) atoms. The third-order valence-electron chi connectivity index (χ3n) is 6.17. The molecule has 0 unspecified atom stereocenters. The molecule has 0 radical (unpaired) electrons. The van der Waals surface area contributed by atoms with E-state index in [0.717, 1.165) is 47.6 Å². The Morgan fingerprint density at radius 3 is 2.82 bits per heavy atom. The first-order valence-corrected chi connectivity index (χ1v) is 11.1. The molecule has 0 aliphatic carbocycles. The Labute approximate surface area is 190 Å². The molecule has 5 rings (SSSR count). The second kappa shape index (κ2) is 9.11. The van der Waals surface area contributed by atoms with Gasteiger partial charge in [0.25, 0.3) is 0 Å². The molecule has 0 bridgehead atoms. The summed E-state index contributed by atoms with van der Waals surface area (Å²) in [4.78, 5) is 24.1. The van der Waals surface area contributed by atoms with Crippen molar-refractivity contribution in [3.8, 4) is 0 Å². The first kappa shape index (κ1) is 21.3. The molecular formula is C24H26FN7O. The third-order valence-corrected chi connectivity index (χ3v) is 6.17. The summed E-state index contributed by atoms with van der Waals surface area (Å²) < 4.78 is 15.1. The highest BCUT2D eigenvalue weighted by molar-refractivity contribution is 5.78. The fraction of sp³-hybridized carbons (Fsp3) is 0.333. The summed E-state index contributed by atoms with van der Waals surface area (Å²) >= 11 is 0. The van der Waals surface area contributed by atoms with Gasteiger partial charge in [-0.3, -0.25) is 14.8 Å².